The highest BCUT2D eigenvalue weighted by atomic mass is 127. The van der Waals surface area contributed by atoms with Crippen molar-refractivity contribution < 1.29 is 9.15 Å². The van der Waals surface area contributed by atoms with Gasteiger partial charge in [0.2, 0.25) is 0 Å². The minimum atomic E-state index is 0. The van der Waals surface area contributed by atoms with Crippen molar-refractivity contribution in [3.63, 3.8) is 0 Å². The number of aliphatic imine (C=N–C) groups is 1. The predicted octanol–water partition coefficient (Wildman–Crippen LogP) is 3.95. The van der Waals surface area contributed by atoms with Crippen LogP contribution in [-0.2, 0) is 16.8 Å². The Kier molecular flexibility index (Phi) is 10.3. The maximum absolute atomic E-state index is 5.57. The molecule has 26 heavy (non-hydrogen) atoms. The molecule has 0 aliphatic rings. The van der Waals surface area contributed by atoms with Crippen LogP contribution >= 0.6 is 24.0 Å². The van der Waals surface area contributed by atoms with Gasteiger partial charge < -0.3 is 19.8 Å². The van der Waals surface area contributed by atoms with E-state index in [0.29, 0.717) is 13.2 Å². The molecule has 0 aliphatic carbocycles. The average Bonchev–Trinajstić information content (AvgIpc) is 3.14. The van der Waals surface area contributed by atoms with Crippen LogP contribution in [0.3, 0.4) is 0 Å². The first-order chi connectivity index (χ1) is 12.1. The summed E-state index contributed by atoms with van der Waals surface area (Å²) in [4.78, 5) is 4.28. The molecule has 0 bridgehead atoms. The molecule has 1 aromatic heterocycles. The van der Waals surface area contributed by atoms with Crippen LogP contribution in [0.15, 0.2) is 58.1 Å². The highest BCUT2D eigenvalue weighted by molar-refractivity contribution is 14.0. The largest absolute Gasteiger partial charge is 0.467 e. The van der Waals surface area contributed by atoms with Crippen LogP contribution < -0.4 is 10.6 Å². The minimum Gasteiger partial charge on any atom is -0.467 e. The van der Waals surface area contributed by atoms with Crippen molar-refractivity contribution in [3.8, 4) is 0 Å². The van der Waals surface area contributed by atoms with Gasteiger partial charge in [0, 0.05) is 32.2 Å². The molecular formula is C20H30IN3O2. The lowest BCUT2D eigenvalue weighted by Crippen LogP contribution is -2.43. The third-order valence-electron chi connectivity index (χ3n) is 4.06. The zero-order valence-electron chi connectivity index (χ0n) is 15.8. The van der Waals surface area contributed by atoms with Gasteiger partial charge in [0.1, 0.15) is 12.4 Å². The van der Waals surface area contributed by atoms with E-state index in [1.165, 1.54) is 5.56 Å². The maximum atomic E-state index is 5.57. The Morgan fingerprint density at radius 1 is 1.12 bits per heavy atom. The smallest absolute Gasteiger partial charge is 0.191 e. The minimum absolute atomic E-state index is 0. The van der Waals surface area contributed by atoms with Crippen molar-refractivity contribution in [2.24, 2.45) is 4.99 Å². The molecule has 0 amide bonds. The number of benzene rings is 1. The van der Waals surface area contributed by atoms with E-state index in [-0.39, 0.29) is 29.4 Å². The first-order valence-corrected chi connectivity index (χ1v) is 8.72. The molecule has 144 valence electrons. The Morgan fingerprint density at radius 3 is 2.54 bits per heavy atom. The van der Waals surface area contributed by atoms with Gasteiger partial charge in [0.05, 0.1) is 6.26 Å². The highest BCUT2D eigenvalue weighted by Crippen LogP contribution is 2.21. The number of hydrogen-bond acceptors (Lipinski definition) is 3. The van der Waals surface area contributed by atoms with Gasteiger partial charge in [-0.3, -0.25) is 4.99 Å². The molecular weight excluding hydrogens is 441 g/mol. The first-order valence-electron chi connectivity index (χ1n) is 8.72. The normalized spacial score (nSPS) is 11.7. The fourth-order valence-corrected chi connectivity index (χ4v) is 2.47. The molecule has 0 saturated heterocycles. The van der Waals surface area contributed by atoms with Gasteiger partial charge in [0.25, 0.3) is 0 Å². The molecule has 2 aromatic rings. The molecule has 1 heterocycles. The quantitative estimate of drug-likeness (QED) is 0.252. The number of hydrogen-bond donors (Lipinski definition) is 2. The summed E-state index contributed by atoms with van der Waals surface area (Å²) in [5, 5.41) is 6.73. The summed E-state index contributed by atoms with van der Waals surface area (Å²) in [6, 6.07) is 14.3. The Morgan fingerprint density at radius 2 is 1.88 bits per heavy atom. The summed E-state index contributed by atoms with van der Waals surface area (Å²) in [5.74, 6) is 1.67. The van der Waals surface area contributed by atoms with Gasteiger partial charge in [-0.2, -0.15) is 0 Å². The van der Waals surface area contributed by atoms with Crippen LogP contribution in [0.5, 0.6) is 0 Å². The topological polar surface area (TPSA) is 58.8 Å². The van der Waals surface area contributed by atoms with E-state index in [2.05, 4.69) is 53.7 Å². The molecule has 0 saturated carbocycles. The SMILES string of the molecule is CN=C(NCCCOCc1ccco1)NCC(C)(C)c1ccccc1.I. The van der Waals surface area contributed by atoms with Crippen LogP contribution in [0.4, 0.5) is 0 Å². The number of ether oxygens (including phenoxy) is 1. The molecule has 2 N–H and O–H groups in total. The van der Waals surface area contributed by atoms with Crippen molar-refractivity contribution in [1.82, 2.24) is 10.6 Å². The molecule has 0 radical (unpaired) electrons. The van der Waals surface area contributed by atoms with E-state index < -0.39 is 0 Å². The van der Waals surface area contributed by atoms with E-state index in [9.17, 15) is 0 Å². The third-order valence-corrected chi connectivity index (χ3v) is 4.06. The fraction of sp³-hybridized carbons (Fsp3) is 0.450. The number of nitrogens with one attached hydrogen (secondary N) is 2. The van der Waals surface area contributed by atoms with Gasteiger partial charge >= 0.3 is 0 Å². The van der Waals surface area contributed by atoms with Crippen molar-refractivity contribution >= 4 is 29.9 Å². The van der Waals surface area contributed by atoms with E-state index in [1.807, 2.05) is 18.2 Å². The van der Waals surface area contributed by atoms with Crippen LogP contribution in [0, 0.1) is 0 Å². The van der Waals surface area contributed by atoms with E-state index >= 15 is 0 Å². The summed E-state index contributed by atoms with van der Waals surface area (Å²) < 4.78 is 10.8. The van der Waals surface area contributed by atoms with Crippen LogP contribution in [-0.4, -0.2) is 32.7 Å². The molecule has 6 heteroatoms. The summed E-state index contributed by atoms with van der Waals surface area (Å²) in [7, 11) is 1.79. The number of rotatable bonds is 9. The number of nitrogens with zero attached hydrogens (tertiary/aromatic N) is 1. The second kappa shape index (κ2) is 12.0. The van der Waals surface area contributed by atoms with Gasteiger partial charge in [0.15, 0.2) is 5.96 Å². The number of halogens is 1. The molecule has 0 fully saturated rings. The Bertz CT molecular complexity index is 628. The van der Waals surface area contributed by atoms with E-state index in [0.717, 1.165) is 31.2 Å². The fourth-order valence-electron chi connectivity index (χ4n) is 2.47. The van der Waals surface area contributed by atoms with E-state index in [1.54, 1.807) is 13.3 Å². The molecule has 1 aromatic carbocycles. The van der Waals surface area contributed by atoms with Gasteiger partial charge in [-0.15, -0.1) is 24.0 Å². The monoisotopic (exact) mass is 471 g/mol. The average molecular weight is 471 g/mol. The summed E-state index contributed by atoms with van der Waals surface area (Å²) >= 11 is 0. The summed E-state index contributed by atoms with van der Waals surface area (Å²) in [6.07, 6.45) is 2.57. The predicted molar refractivity (Wildman–Crippen MR) is 117 cm³/mol. The van der Waals surface area contributed by atoms with Crippen LogP contribution in [0.25, 0.3) is 0 Å². The lowest BCUT2D eigenvalue weighted by molar-refractivity contribution is 0.105. The van der Waals surface area contributed by atoms with Crippen molar-refractivity contribution in [2.75, 3.05) is 26.7 Å². The lowest BCUT2D eigenvalue weighted by atomic mass is 9.85. The molecule has 0 aliphatic heterocycles. The zero-order chi connectivity index (χ0) is 18.0. The maximum Gasteiger partial charge on any atom is 0.191 e. The van der Waals surface area contributed by atoms with Crippen LogP contribution in [0.1, 0.15) is 31.6 Å². The van der Waals surface area contributed by atoms with Gasteiger partial charge in [-0.05, 0) is 24.1 Å². The van der Waals surface area contributed by atoms with Gasteiger partial charge in [-0.25, -0.2) is 0 Å². The number of furan rings is 1. The zero-order valence-corrected chi connectivity index (χ0v) is 18.2. The van der Waals surface area contributed by atoms with Crippen molar-refractivity contribution in [1.29, 1.82) is 0 Å². The molecule has 0 unspecified atom stereocenters. The van der Waals surface area contributed by atoms with Crippen LogP contribution in [0.2, 0.25) is 0 Å². The Balaban J connectivity index is 0.00000338. The van der Waals surface area contributed by atoms with E-state index in [4.69, 9.17) is 9.15 Å². The number of guanidine groups is 1. The second-order valence-corrected chi connectivity index (χ2v) is 6.59. The Labute approximate surface area is 173 Å². The molecule has 2 rings (SSSR count). The Hall–Kier alpha value is -1.54. The molecule has 5 nitrogen and oxygen atoms in total. The highest BCUT2D eigenvalue weighted by Gasteiger charge is 2.20. The molecule has 0 spiro atoms. The first kappa shape index (κ1) is 22.5. The van der Waals surface area contributed by atoms with Crippen molar-refractivity contribution in [3.05, 3.63) is 60.1 Å². The third kappa shape index (κ3) is 7.78. The summed E-state index contributed by atoms with van der Waals surface area (Å²) in [5.41, 5.74) is 1.34. The standard InChI is InChI=1S/C20H29N3O2.HI/c1-20(2,17-9-5-4-6-10-17)16-23-19(21-3)22-12-8-13-24-15-18-11-7-14-25-18;/h4-7,9-11,14H,8,12-13,15-16H2,1-3H3,(H2,21,22,23);1H. The second-order valence-electron chi connectivity index (χ2n) is 6.59. The van der Waals surface area contributed by atoms with Gasteiger partial charge in [-0.1, -0.05) is 44.2 Å². The summed E-state index contributed by atoms with van der Waals surface area (Å²) in [6.45, 7) is 7.27. The molecule has 0 atom stereocenters. The van der Waals surface area contributed by atoms with Crippen molar-refractivity contribution in [2.45, 2.75) is 32.3 Å². The lowest BCUT2D eigenvalue weighted by Gasteiger charge is -2.26.